The van der Waals surface area contributed by atoms with Crippen LogP contribution < -0.4 is 10.6 Å². The first kappa shape index (κ1) is 30.0. The second kappa shape index (κ2) is 15.0. The van der Waals surface area contributed by atoms with Gasteiger partial charge in [0.05, 0.1) is 41.2 Å². The van der Waals surface area contributed by atoms with Crippen molar-refractivity contribution in [2.45, 2.75) is 0 Å². The summed E-state index contributed by atoms with van der Waals surface area (Å²) in [5.74, 6) is 0.847. The third kappa shape index (κ3) is 6.35. The van der Waals surface area contributed by atoms with Gasteiger partial charge in [-0.3, -0.25) is 4.57 Å². The van der Waals surface area contributed by atoms with E-state index in [1.807, 2.05) is 109 Å². The van der Waals surface area contributed by atoms with Crippen LogP contribution in [-0.4, -0.2) is 9.55 Å². The van der Waals surface area contributed by atoms with Crippen LogP contribution in [0.2, 0.25) is 0 Å². The Hall–Kier alpha value is -8.15. The quantitative estimate of drug-likeness (QED) is 0.153. The molecule has 0 spiro atoms. The smallest absolute Gasteiger partial charge is 0.137 e. The van der Waals surface area contributed by atoms with E-state index in [4.69, 9.17) is 16.3 Å². The van der Waals surface area contributed by atoms with Crippen LogP contribution in [0.15, 0.2) is 223 Å². The SMILES string of the molecule is [2H]c1c([2H])c([2H])c(-c2cccc(-c3ccccc3)c2Nc2ccccc2Nc2cccc(-c3cc4ccoc4cc3-c3ccc4c5ccccc5n(-c5ccccn5)c4c3)c2)c([2H])c1[2H]. The van der Waals surface area contributed by atoms with E-state index in [2.05, 4.69) is 81.9 Å². The zero-order valence-corrected chi connectivity index (χ0v) is 32.2. The molecule has 5 heteroatoms. The number of nitrogens with zero attached hydrogens (tertiary/aromatic N) is 2. The molecule has 0 fully saturated rings. The number of para-hydroxylation sites is 4. The number of anilines is 4. The van der Waals surface area contributed by atoms with Crippen molar-refractivity contribution < 1.29 is 11.3 Å². The van der Waals surface area contributed by atoms with Crippen molar-refractivity contribution in [1.82, 2.24) is 9.55 Å². The van der Waals surface area contributed by atoms with Gasteiger partial charge in [-0.15, -0.1) is 0 Å². The highest BCUT2D eigenvalue weighted by atomic mass is 16.3. The second-order valence-electron chi connectivity index (χ2n) is 14.6. The number of furan rings is 1. The monoisotopic (exact) mass is 775 g/mol. The first-order valence-electron chi connectivity index (χ1n) is 22.3. The maximum atomic E-state index is 8.89. The van der Waals surface area contributed by atoms with Crippen molar-refractivity contribution in [3.05, 3.63) is 219 Å². The average Bonchev–Trinajstić information content (AvgIpc) is 3.96. The molecular weight excluding hydrogens is 733 g/mol. The number of nitrogens with one attached hydrogen (secondary N) is 2. The number of aromatic nitrogens is 2. The molecule has 0 amide bonds. The highest BCUT2D eigenvalue weighted by molar-refractivity contribution is 6.10. The predicted molar refractivity (Wildman–Crippen MR) is 250 cm³/mol. The van der Waals surface area contributed by atoms with Crippen LogP contribution >= 0.6 is 0 Å². The van der Waals surface area contributed by atoms with Crippen LogP contribution in [0.4, 0.5) is 22.7 Å². The van der Waals surface area contributed by atoms with Gasteiger partial charge in [-0.25, -0.2) is 4.98 Å². The summed E-state index contributed by atoms with van der Waals surface area (Å²) in [6.07, 6.45) is 3.55. The minimum atomic E-state index is -0.434. The molecule has 11 aromatic rings. The molecule has 0 aliphatic rings. The number of pyridine rings is 1. The van der Waals surface area contributed by atoms with Gasteiger partial charge in [0.25, 0.3) is 0 Å². The first-order chi connectivity index (χ1) is 31.8. The standard InChI is InChI=1S/C55H38N4O/c1-3-15-37(16-4-1)43-22-14-23-44(38-17-5-2-6-18-38)55(43)58-50-25-9-8-24-49(50)57-42-20-13-19-39(33-42)47-34-41-30-32-60-53(41)36-48(47)40-28-29-46-45-21-7-10-26-51(45)59(52(46)35-40)54-27-11-12-31-56-54/h1-36,57-58H/i1D,3D,4D,15D,16D. The van der Waals surface area contributed by atoms with Crippen molar-refractivity contribution in [2.75, 3.05) is 10.6 Å². The van der Waals surface area contributed by atoms with Gasteiger partial charge in [-0.2, -0.15) is 0 Å². The van der Waals surface area contributed by atoms with E-state index in [9.17, 15) is 0 Å². The van der Waals surface area contributed by atoms with Crippen molar-refractivity contribution in [2.24, 2.45) is 0 Å². The fourth-order valence-corrected chi connectivity index (χ4v) is 8.25. The Kier molecular flexibility index (Phi) is 7.49. The van der Waals surface area contributed by atoms with Gasteiger partial charge in [0.2, 0.25) is 0 Å². The molecular formula is C55H38N4O. The van der Waals surface area contributed by atoms with E-state index in [0.29, 0.717) is 11.3 Å². The van der Waals surface area contributed by atoms with Gasteiger partial charge in [0.15, 0.2) is 0 Å². The Balaban J connectivity index is 1.01. The Labute approximate surface area is 354 Å². The summed E-state index contributed by atoms with van der Waals surface area (Å²) in [7, 11) is 0. The number of hydrogen-bond acceptors (Lipinski definition) is 4. The van der Waals surface area contributed by atoms with Crippen LogP contribution in [0, 0.1) is 0 Å². The number of benzene rings is 8. The summed E-state index contributed by atoms with van der Waals surface area (Å²) in [6, 6.07) is 57.2. The van der Waals surface area contributed by atoms with Gasteiger partial charge < -0.3 is 15.1 Å². The van der Waals surface area contributed by atoms with Gasteiger partial charge >= 0.3 is 0 Å². The zero-order chi connectivity index (χ0) is 44.2. The van der Waals surface area contributed by atoms with Gasteiger partial charge in [0, 0.05) is 39.2 Å². The molecule has 0 saturated carbocycles. The van der Waals surface area contributed by atoms with E-state index in [1.165, 1.54) is 0 Å². The minimum Gasteiger partial charge on any atom is -0.464 e. The van der Waals surface area contributed by atoms with Crippen molar-refractivity contribution >= 4 is 55.5 Å². The molecule has 0 bridgehead atoms. The molecule has 284 valence electrons. The lowest BCUT2D eigenvalue weighted by Gasteiger charge is -2.20. The largest absolute Gasteiger partial charge is 0.464 e. The van der Waals surface area contributed by atoms with E-state index < -0.39 is 6.04 Å². The molecule has 0 atom stereocenters. The minimum absolute atomic E-state index is 0.122. The molecule has 3 heterocycles. The molecule has 11 rings (SSSR count). The summed E-state index contributed by atoms with van der Waals surface area (Å²) in [6.45, 7) is 0. The number of hydrogen-bond donors (Lipinski definition) is 2. The third-order valence-electron chi connectivity index (χ3n) is 11.0. The molecule has 60 heavy (non-hydrogen) atoms. The van der Waals surface area contributed by atoms with E-state index in [0.717, 1.165) is 89.0 Å². The molecule has 8 aromatic carbocycles. The van der Waals surface area contributed by atoms with Crippen molar-refractivity contribution in [3.63, 3.8) is 0 Å². The highest BCUT2D eigenvalue weighted by Gasteiger charge is 2.18. The van der Waals surface area contributed by atoms with Crippen LogP contribution in [0.3, 0.4) is 0 Å². The lowest BCUT2D eigenvalue weighted by molar-refractivity contribution is 0.616. The van der Waals surface area contributed by atoms with Crippen LogP contribution in [0.5, 0.6) is 0 Å². The fraction of sp³-hybridized carbons (Fsp3) is 0. The van der Waals surface area contributed by atoms with E-state index in [1.54, 1.807) is 12.3 Å². The first-order valence-corrected chi connectivity index (χ1v) is 19.8. The lowest BCUT2D eigenvalue weighted by atomic mass is 9.92. The Bertz CT molecular complexity index is 3590. The fourth-order valence-electron chi connectivity index (χ4n) is 8.25. The van der Waals surface area contributed by atoms with Crippen molar-refractivity contribution in [3.8, 4) is 50.3 Å². The van der Waals surface area contributed by atoms with E-state index in [-0.39, 0.29) is 29.7 Å². The topological polar surface area (TPSA) is 55.0 Å². The molecule has 0 radical (unpaired) electrons. The summed E-state index contributed by atoms with van der Waals surface area (Å²) < 4.78 is 51.2. The molecule has 0 saturated heterocycles. The molecule has 0 unspecified atom stereocenters. The summed E-state index contributed by atoms with van der Waals surface area (Å²) in [5.41, 5.74) is 12.3. The van der Waals surface area contributed by atoms with E-state index >= 15 is 0 Å². The Morgan fingerprint density at radius 1 is 0.483 bits per heavy atom. The molecule has 5 nitrogen and oxygen atoms in total. The van der Waals surface area contributed by atoms with Crippen LogP contribution in [-0.2, 0) is 0 Å². The molecule has 0 aliphatic heterocycles. The normalized spacial score (nSPS) is 12.5. The van der Waals surface area contributed by atoms with Gasteiger partial charge in [-0.1, -0.05) is 139 Å². The van der Waals surface area contributed by atoms with Crippen molar-refractivity contribution in [1.29, 1.82) is 0 Å². The average molecular weight is 776 g/mol. The Morgan fingerprint density at radius 3 is 2.03 bits per heavy atom. The summed E-state index contributed by atoms with van der Waals surface area (Å²) >= 11 is 0. The number of fused-ring (bicyclic) bond motifs is 4. The summed E-state index contributed by atoms with van der Waals surface area (Å²) in [5, 5.41) is 10.6. The zero-order valence-electron chi connectivity index (χ0n) is 37.2. The van der Waals surface area contributed by atoms with Crippen LogP contribution in [0.1, 0.15) is 6.85 Å². The molecule has 0 aliphatic carbocycles. The second-order valence-corrected chi connectivity index (χ2v) is 14.6. The predicted octanol–water partition coefficient (Wildman–Crippen LogP) is 15.1. The Morgan fingerprint density at radius 2 is 1.18 bits per heavy atom. The maximum Gasteiger partial charge on any atom is 0.137 e. The lowest BCUT2D eigenvalue weighted by Crippen LogP contribution is -2.01. The highest BCUT2D eigenvalue weighted by Crippen LogP contribution is 2.43. The van der Waals surface area contributed by atoms with Crippen LogP contribution in [0.25, 0.3) is 83.1 Å². The molecule has 2 N–H and O–H groups in total. The van der Waals surface area contributed by atoms with Gasteiger partial charge in [0.1, 0.15) is 11.4 Å². The summed E-state index contributed by atoms with van der Waals surface area (Å²) in [4.78, 5) is 4.75. The van der Waals surface area contributed by atoms with Gasteiger partial charge in [-0.05, 0) is 100 Å². The third-order valence-corrected chi connectivity index (χ3v) is 11.0. The number of rotatable bonds is 9. The maximum absolute atomic E-state index is 8.89. The molecule has 3 aromatic heterocycles.